The average Bonchev–Trinajstić information content (AvgIpc) is 3.35. The predicted molar refractivity (Wildman–Crippen MR) is 183 cm³/mol. The Balaban J connectivity index is 1.25. The Labute approximate surface area is 273 Å². The first-order valence-corrected chi connectivity index (χ1v) is 16.0. The lowest BCUT2D eigenvalue weighted by Crippen LogP contribution is -2.49. The Kier molecular flexibility index (Phi) is 10.1. The number of nitrogens with one attached hydrogen (secondary N) is 1. The predicted octanol–water partition coefficient (Wildman–Crippen LogP) is 5.51. The number of fused-ring (bicyclic) bond motifs is 1. The molecule has 0 radical (unpaired) electrons. The van der Waals surface area contributed by atoms with E-state index in [2.05, 4.69) is 46.5 Å². The quantitative estimate of drug-likeness (QED) is 0.132. The highest BCUT2D eigenvalue weighted by Gasteiger charge is 2.56. The number of methoxy groups -OCH3 is 1. The van der Waals surface area contributed by atoms with Gasteiger partial charge in [0.25, 0.3) is 0 Å². The molecule has 0 aromatic heterocycles. The summed E-state index contributed by atoms with van der Waals surface area (Å²) in [6.45, 7) is -0.590. The second kappa shape index (κ2) is 14.2. The topological polar surface area (TPSA) is 83.0 Å². The van der Waals surface area contributed by atoms with Gasteiger partial charge in [-0.25, -0.2) is 4.60 Å². The smallest absolute Gasteiger partial charge is 0.497 e. The summed E-state index contributed by atoms with van der Waals surface area (Å²) < 4.78 is 35.2. The Morgan fingerprint density at radius 3 is 2.22 bits per heavy atom. The molecule has 7 nitrogen and oxygen atoms in total. The molecule has 5 rings (SSSR count). The van der Waals surface area contributed by atoms with E-state index in [4.69, 9.17) is 10.5 Å². The van der Waals surface area contributed by atoms with Crippen molar-refractivity contribution in [1.29, 1.82) is 0 Å². The molecule has 0 aliphatic carbocycles. The Hall–Kier alpha value is -4.66. The highest BCUT2D eigenvalue weighted by molar-refractivity contribution is 8.00. The number of nitrogens with zero attached hydrogens (tertiary/aromatic N) is 3. The fourth-order valence-corrected chi connectivity index (χ4v) is 6.87. The average molecular weight is 640 g/mol. The van der Waals surface area contributed by atoms with E-state index < -0.39 is 17.8 Å². The van der Waals surface area contributed by atoms with Gasteiger partial charge in [-0.1, -0.05) is 84.6 Å². The number of thioether (sulfide) groups is 1. The standard InChI is InChI=1S/C35H36BF2N5O2S/c1-26(2)43-36(37,38)42-24-27(17-22-33(42)41-43)12-10-11-23-40-34(44)32(39)25-46-35(28-13-6-4-7-14-28,29-15-8-5-9-16-29)30-18-20-31(45-3)21-19-30/h4-9,13-22,24,32H,11,23,25,39H2,1-3H3,(H,40,44)/t32-/m0/s1. The largest absolute Gasteiger partial charge is 0.762 e. The van der Waals surface area contributed by atoms with Gasteiger partial charge in [-0.3, -0.25) is 4.79 Å². The molecule has 2 aliphatic heterocycles. The van der Waals surface area contributed by atoms with Crippen LogP contribution in [-0.4, -0.2) is 59.3 Å². The van der Waals surface area contributed by atoms with Crippen LogP contribution in [0.1, 0.15) is 37.0 Å². The van der Waals surface area contributed by atoms with Gasteiger partial charge in [0, 0.05) is 38.1 Å². The molecule has 0 saturated heterocycles. The molecule has 0 bridgehead atoms. The van der Waals surface area contributed by atoms with Crippen molar-refractivity contribution in [3.05, 3.63) is 126 Å². The normalized spacial score (nSPS) is 15.6. The Bertz CT molecular complexity index is 1710. The molecule has 0 saturated carbocycles. The van der Waals surface area contributed by atoms with E-state index in [1.54, 1.807) is 38.8 Å². The van der Waals surface area contributed by atoms with Gasteiger partial charge in [0.1, 0.15) is 11.5 Å². The molecule has 3 aromatic carbocycles. The van der Waals surface area contributed by atoms with E-state index in [-0.39, 0.29) is 18.3 Å². The first kappa shape index (κ1) is 32.7. The first-order valence-electron chi connectivity index (χ1n) is 15.0. The zero-order valence-corrected chi connectivity index (χ0v) is 26.8. The number of benzene rings is 3. The monoisotopic (exact) mass is 639 g/mol. The molecule has 236 valence electrons. The van der Waals surface area contributed by atoms with Crippen molar-refractivity contribution >= 4 is 36.2 Å². The molecule has 3 N–H and O–H groups in total. The zero-order chi connectivity index (χ0) is 32.7. The second-order valence-electron chi connectivity index (χ2n) is 11.1. The number of halogens is 2. The van der Waals surface area contributed by atoms with Crippen molar-refractivity contribution in [1.82, 2.24) is 10.1 Å². The fourth-order valence-electron chi connectivity index (χ4n) is 5.38. The lowest BCUT2D eigenvalue weighted by molar-refractivity contribution is -0.427. The van der Waals surface area contributed by atoms with E-state index in [0.717, 1.165) is 31.8 Å². The molecular weight excluding hydrogens is 603 g/mol. The molecule has 1 atom stereocenters. The van der Waals surface area contributed by atoms with Crippen LogP contribution in [0, 0.1) is 11.8 Å². The maximum atomic E-state index is 14.8. The third kappa shape index (κ3) is 6.78. The van der Waals surface area contributed by atoms with Gasteiger partial charge in [-0.05, 0) is 52.3 Å². The summed E-state index contributed by atoms with van der Waals surface area (Å²) in [6.07, 6.45) is 4.83. The van der Waals surface area contributed by atoms with Gasteiger partial charge in [0.15, 0.2) is 5.84 Å². The number of nitrogens with two attached hydrogens (primary N) is 1. The summed E-state index contributed by atoms with van der Waals surface area (Å²) in [5, 5.41) is 6.87. The summed E-state index contributed by atoms with van der Waals surface area (Å²) in [5.41, 5.74) is 10.4. The number of carbonyl (C=O) groups excluding carboxylic acids is 1. The van der Waals surface area contributed by atoms with E-state index in [1.807, 2.05) is 60.7 Å². The molecule has 0 unspecified atom stereocenters. The number of amides is 1. The minimum atomic E-state index is -4.05. The van der Waals surface area contributed by atoms with Crippen LogP contribution in [0.15, 0.2) is 114 Å². The van der Waals surface area contributed by atoms with Crippen molar-refractivity contribution in [2.24, 2.45) is 10.8 Å². The number of ether oxygens (including phenoxy) is 1. The zero-order valence-electron chi connectivity index (χ0n) is 26.0. The fraction of sp³-hybridized carbons (Fsp3) is 0.229. The van der Waals surface area contributed by atoms with Crippen molar-refractivity contribution in [2.45, 2.75) is 31.1 Å². The van der Waals surface area contributed by atoms with E-state index in [9.17, 15) is 13.4 Å². The number of hydrogen-bond donors (Lipinski definition) is 2. The lowest BCUT2D eigenvalue weighted by Gasteiger charge is -2.36. The van der Waals surface area contributed by atoms with Gasteiger partial charge in [0.05, 0.1) is 17.9 Å². The van der Waals surface area contributed by atoms with Crippen LogP contribution in [0.25, 0.3) is 0 Å². The summed E-state index contributed by atoms with van der Waals surface area (Å²) in [4.78, 5) is 13.9. The highest BCUT2D eigenvalue weighted by Crippen LogP contribution is 2.48. The molecule has 11 heteroatoms. The van der Waals surface area contributed by atoms with Crippen molar-refractivity contribution in [3.63, 3.8) is 0 Å². The minimum Gasteiger partial charge on any atom is -0.497 e. The van der Waals surface area contributed by atoms with E-state index >= 15 is 0 Å². The van der Waals surface area contributed by atoms with E-state index in [0.29, 0.717) is 23.5 Å². The molecular formula is C35H36BF2N5O2S. The van der Waals surface area contributed by atoms with Gasteiger partial charge in [0.2, 0.25) is 5.91 Å². The minimum absolute atomic E-state index is 0.173. The molecule has 2 heterocycles. The van der Waals surface area contributed by atoms with Crippen molar-refractivity contribution in [2.75, 3.05) is 19.4 Å². The van der Waals surface area contributed by atoms with Crippen LogP contribution in [-0.2, 0) is 9.54 Å². The molecule has 0 fully saturated rings. The highest BCUT2D eigenvalue weighted by atomic mass is 32.2. The van der Waals surface area contributed by atoms with Crippen LogP contribution in [0.4, 0.5) is 8.63 Å². The number of allylic oxidation sites excluding steroid dienone is 2. The van der Waals surface area contributed by atoms with Crippen molar-refractivity contribution < 1.29 is 22.8 Å². The van der Waals surface area contributed by atoms with Crippen LogP contribution in [0.2, 0.25) is 0 Å². The van der Waals surface area contributed by atoms with E-state index in [1.165, 1.54) is 12.3 Å². The molecule has 0 spiro atoms. The number of amidine groups is 1. The first-order chi connectivity index (χ1) is 22.2. The number of carbonyl (C=O) groups is 1. The number of hydrogen-bond acceptors (Lipinski definition) is 6. The maximum Gasteiger partial charge on any atom is 0.762 e. The molecule has 1 amide bonds. The van der Waals surface area contributed by atoms with Gasteiger partial charge >= 0.3 is 6.97 Å². The van der Waals surface area contributed by atoms with Gasteiger partial charge < -0.3 is 29.2 Å². The van der Waals surface area contributed by atoms with Crippen LogP contribution in [0.5, 0.6) is 5.75 Å². The van der Waals surface area contributed by atoms with Crippen LogP contribution >= 0.6 is 11.8 Å². The summed E-state index contributed by atoms with van der Waals surface area (Å²) in [6, 6.07) is 27.5. The molecule has 46 heavy (non-hydrogen) atoms. The summed E-state index contributed by atoms with van der Waals surface area (Å²) >= 11 is 1.60. The number of rotatable bonds is 10. The molecule has 2 aliphatic rings. The SMILES string of the molecule is COc1ccc(C(SC[C@H](N)C(=O)NCCC#CC2=CN3C(=N[N+](=C(C)C)[B-]3(F)F)C=C2)(c2ccccc2)c2ccccc2)cc1. The summed E-state index contributed by atoms with van der Waals surface area (Å²) in [7, 11) is 1.64. The van der Waals surface area contributed by atoms with Crippen LogP contribution < -0.4 is 15.8 Å². The lowest BCUT2D eigenvalue weighted by atomic mass is 9.84. The maximum absolute atomic E-state index is 14.8. The summed E-state index contributed by atoms with van der Waals surface area (Å²) in [5.74, 6) is 6.84. The Morgan fingerprint density at radius 1 is 1.02 bits per heavy atom. The molecule has 3 aromatic rings. The third-order valence-corrected chi connectivity index (χ3v) is 9.37. The van der Waals surface area contributed by atoms with Crippen molar-refractivity contribution in [3.8, 4) is 17.6 Å². The van der Waals surface area contributed by atoms with Gasteiger partial charge in [-0.15, -0.1) is 11.8 Å². The Morgan fingerprint density at radius 2 is 1.63 bits per heavy atom. The van der Waals surface area contributed by atoms with Gasteiger partial charge in [-0.2, -0.15) is 0 Å². The number of hydrazone groups is 1. The second-order valence-corrected chi connectivity index (χ2v) is 12.3. The van der Waals surface area contributed by atoms with Crippen LogP contribution in [0.3, 0.4) is 0 Å². The third-order valence-electron chi connectivity index (χ3n) is 7.71.